The fourth-order valence-electron chi connectivity index (χ4n) is 3.26. The predicted octanol–water partition coefficient (Wildman–Crippen LogP) is -0.0602. The minimum absolute atomic E-state index is 0.000783. The van der Waals surface area contributed by atoms with Crippen LogP contribution in [0.3, 0.4) is 0 Å². The quantitative estimate of drug-likeness (QED) is 0.149. The Labute approximate surface area is 209 Å². The molecule has 1 aliphatic rings. The summed E-state index contributed by atoms with van der Waals surface area (Å²) in [5.41, 5.74) is 5.64. The van der Waals surface area contributed by atoms with E-state index < -0.39 is 59.8 Å². The number of halogens is 6. The highest BCUT2D eigenvalue weighted by Gasteiger charge is 2.40. The number of hydrogen-bond donors (Lipinski definition) is 4. The Kier molecular flexibility index (Phi) is 10.1. The molecule has 1 amide bonds. The first-order chi connectivity index (χ1) is 17.6. The third-order valence-electron chi connectivity index (χ3n) is 5.09. The van der Waals surface area contributed by atoms with Crippen LogP contribution in [0.4, 0.5) is 26.3 Å². The van der Waals surface area contributed by atoms with Gasteiger partial charge >= 0.3 is 12.1 Å². The van der Waals surface area contributed by atoms with Crippen molar-refractivity contribution in [3.63, 3.8) is 0 Å². The Morgan fingerprint density at radius 1 is 1.11 bits per heavy atom. The van der Waals surface area contributed by atoms with Gasteiger partial charge in [0.2, 0.25) is 24.1 Å². The van der Waals surface area contributed by atoms with Gasteiger partial charge in [0.1, 0.15) is 5.82 Å². The van der Waals surface area contributed by atoms with Gasteiger partial charge in [-0.15, -0.1) is 10.2 Å². The molecule has 0 saturated carbocycles. The molecule has 0 unspecified atom stereocenters. The first-order valence-electron chi connectivity index (χ1n) is 10.5. The molecule has 1 aliphatic heterocycles. The fraction of sp³-hybridized carbons (Fsp3) is 0.450. The van der Waals surface area contributed by atoms with E-state index in [0.717, 1.165) is 4.57 Å². The van der Waals surface area contributed by atoms with Crippen molar-refractivity contribution < 1.29 is 60.8 Å². The summed E-state index contributed by atoms with van der Waals surface area (Å²) in [6, 6.07) is 0.184. The largest absolute Gasteiger partial charge is 0.479 e. The van der Waals surface area contributed by atoms with Crippen LogP contribution >= 0.6 is 0 Å². The summed E-state index contributed by atoms with van der Waals surface area (Å²) >= 11 is 0. The lowest BCUT2D eigenvalue weighted by molar-refractivity contribution is -0.185. The number of aliphatic hydroxyl groups is 2. The molecule has 1 aromatic heterocycles. The number of carbonyl (C=O) groups is 3. The number of alkyl halides is 3. The van der Waals surface area contributed by atoms with Gasteiger partial charge in [0.15, 0.2) is 17.5 Å². The molecule has 2 heterocycles. The summed E-state index contributed by atoms with van der Waals surface area (Å²) in [6.45, 7) is -0.458. The maximum atomic E-state index is 13.7. The lowest BCUT2D eigenvalue weighted by Crippen LogP contribution is -2.42. The van der Waals surface area contributed by atoms with Gasteiger partial charge in [0, 0.05) is 31.6 Å². The number of fused-ring (bicyclic) bond motifs is 1. The Bertz CT molecular complexity index is 1160. The average Bonchev–Trinajstić information content (AvgIpc) is 3.26. The van der Waals surface area contributed by atoms with E-state index >= 15 is 0 Å². The van der Waals surface area contributed by atoms with Gasteiger partial charge in [-0.05, 0) is 18.1 Å². The third kappa shape index (κ3) is 7.86. The number of ether oxygens (including phenoxy) is 1. The number of carboxylic acid groups (broad SMARTS) is 1. The second-order valence-electron chi connectivity index (χ2n) is 7.84. The molecule has 5 N–H and O–H groups in total. The molecule has 0 fully saturated rings. The summed E-state index contributed by atoms with van der Waals surface area (Å²) in [4.78, 5) is 32.9. The number of nitrogens with two attached hydrogens (primary N) is 1. The number of rotatable bonds is 8. The van der Waals surface area contributed by atoms with Crippen LogP contribution in [0.15, 0.2) is 12.1 Å². The molecule has 0 radical (unpaired) electrons. The van der Waals surface area contributed by atoms with Gasteiger partial charge in [-0.1, -0.05) is 0 Å². The molecule has 0 saturated heterocycles. The van der Waals surface area contributed by atoms with Crippen molar-refractivity contribution in [1.29, 1.82) is 0 Å². The monoisotopic (exact) mass is 557 g/mol. The highest BCUT2D eigenvalue weighted by atomic mass is 19.4. The Balaban J connectivity index is 0.000000432. The second kappa shape index (κ2) is 12.7. The number of benzene rings is 1. The number of aliphatic carboxylic acids is 1. The number of hydrogen-bond acceptors (Lipinski definition) is 9. The standard InChI is InChI=1S/C16H15F6N5O.C4H6O6/c17-10-6-12(19)11(18)4-8(10)3-9(23)5-14(28)26-1-2-27-13(7-26)24-25-15(27)16(20,21)22;5-1-10-4(9)2(6)3(7)8/h4,6,9H,1-3,5,7,23H2;1-2,4,6,9H,(H,7,8)/t9-;2-,4-/m10/s1. The van der Waals surface area contributed by atoms with E-state index in [1.54, 1.807) is 0 Å². The molecule has 12 nitrogen and oxygen atoms in total. The zero-order valence-electron chi connectivity index (χ0n) is 19.1. The van der Waals surface area contributed by atoms with Crippen molar-refractivity contribution in [2.24, 2.45) is 5.73 Å². The Morgan fingerprint density at radius 2 is 1.74 bits per heavy atom. The van der Waals surface area contributed by atoms with Crippen LogP contribution in [0.1, 0.15) is 23.6 Å². The molecule has 1 aromatic carbocycles. The van der Waals surface area contributed by atoms with Crippen LogP contribution in [0.25, 0.3) is 0 Å². The van der Waals surface area contributed by atoms with Crippen molar-refractivity contribution in [1.82, 2.24) is 19.7 Å². The van der Waals surface area contributed by atoms with Gasteiger partial charge in [-0.25, -0.2) is 18.0 Å². The maximum absolute atomic E-state index is 13.7. The lowest BCUT2D eigenvalue weighted by Gasteiger charge is -2.29. The van der Waals surface area contributed by atoms with Crippen LogP contribution in [0.2, 0.25) is 0 Å². The maximum Gasteiger partial charge on any atom is 0.451 e. The molecule has 0 aliphatic carbocycles. The van der Waals surface area contributed by atoms with Gasteiger partial charge in [0.05, 0.1) is 6.54 Å². The molecule has 3 rings (SSSR count). The van der Waals surface area contributed by atoms with Crippen LogP contribution in [0.5, 0.6) is 0 Å². The van der Waals surface area contributed by atoms with Gasteiger partial charge in [-0.3, -0.25) is 9.59 Å². The van der Waals surface area contributed by atoms with Crippen molar-refractivity contribution in [2.75, 3.05) is 6.54 Å². The summed E-state index contributed by atoms with van der Waals surface area (Å²) in [7, 11) is 0. The van der Waals surface area contributed by atoms with E-state index in [4.69, 9.17) is 21.1 Å². The van der Waals surface area contributed by atoms with E-state index in [-0.39, 0.29) is 50.3 Å². The van der Waals surface area contributed by atoms with Crippen LogP contribution in [-0.2, 0) is 44.8 Å². The SMILES string of the molecule is N[C@@H](CC(=O)N1CCn2c(nnc2C(F)(F)F)C1)Cc1cc(F)c(F)cc1F.O=CO[C@H](O)[C@@H](O)C(=O)O. The van der Waals surface area contributed by atoms with Crippen LogP contribution in [0, 0.1) is 17.5 Å². The Morgan fingerprint density at radius 3 is 2.32 bits per heavy atom. The molecule has 38 heavy (non-hydrogen) atoms. The van der Waals surface area contributed by atoms with Gasteiger partial charge in [-0.2, -0.15) is 13.2 Å². The van der Waals surface area contributed by atoms with Crippen molar-refractivity contribution in [2.45, 2.75) is 50.5 Å². The summed E-state index contributed by atoms with van der Waals surface area (Å²) in [6.07, 6.45) is -9.20. The topological polar surface area (TPSA) is 181 Å². The zero-order valence-corrected chi connectivity index (χ0v) is 19.1. The number of aliphatic hydroxyl groups excluding tert-OH is 2. The molecule has 0 bridgehead atoms. The summed E-state index contributed by atoms with van der Waals surface area (Å²) in [5, 5.41) is 31.4. The highest BCUT2D eigenvalue weighted by molar-refractivity contribution is 5.77. The number of carbonyl (C=O) groups excluding carboxylic acids is 2. The van der Waals surface area contributed by atoms with E-state index in [1.807, 2.05) is 0 Å². The van der Waals surface area contributed by atoms with Crippen molar-refractivity contribution in [3.8, 4) is 0 Å². The summed E-state index contributed by atoms with van der Waals surface area (Å²) in [5.74, 6) is -6.81. The number of carboxylic acids is 1. The number of nitrogens with zero attached hydrogens (tertiary/aromatic N) is 4. The normalized spacial score (nSPS) is 15.4. The van der Waals surface area contributed by atoms with Crippen molar-refractivity contribution in [3.05, 3.63) is 46.8 Å². The molecule has 210 valence electrons. The van der Waals surface area contributed by atoms with E-state index in [9.17, 15) is 40.7 Å². The van der Waals surface area contributed by atoms with Crippen LogP contribution in [-0.4, -0.2) is 78.3 Å². The van der Waals surface area contributed by atoms with Crippen LogP contribution < -0.4 is 5.73 Å². The Hall–Kier alpha value is -3.77. The van der Waals surface area contributed by atoms with Gasteiger partial charge in [0.25, 0.3) is 6.47 Å². The molecule has 3 atom stereocenters. The van der Waals surface area contributed by atoms with Gasteiger partial charge < -0.3 is 35.3 Å². The van der Waals surface area contributed by atoms with Crippen molar-refractivity contribution >= 4 is 18.3 Å². The highest BCUT2D eigenvalue weighted by Crippen LogP contribution is 2.29. The zero-order chi connectivity index (χ0) is 28.8. The average molecular weight is 557 g/mol. The molecule has 0 spiro atoms. The fourth-order valence-corrected chi connectivity index (χ4v) is 3.26. The van der Waals surface area contributed by atoms with E-state index in [0.29, 0.717) is 12.1 Å². The predicted molar refractivity (Wildman–Crippen MR) is 110 cm³/mol. The van der Waals surface area contributed by atoms with E-state index in [2.05, 4.69) is 14.9 Å². The molecule has 18 heteroatoms. The summed E-state index contributed by atoms with van der Waals surface area (Å²) < 4.78 is 83.0. The minimum atomic E-state index is -4.64. The number of aromatic nitrogens is 3. The number of amides is 1. The third-order valence-corrected chi connectivity index (χ3v) is 5.09. The minimum Gasteiger partial charge on any atom is -0.479 e. The molecule has 2 aromatic rings. The first-order valence-corrected chi connectivity index (χ1v) is 10.5. The lowest BCUT2D eigenvalue weighted by atomic mass is 10.0. The smallest absolute Gasteiger partial charge is 0.451 e. The molecular formula is C20H21F6N5O7. The molecular weight excluding hydrogens is 536 g/mol. The first kappa shape index (κ1) is 30.5. The van der Waals surface area contributed by atoms with E-state index in [1.165, 1.54) is 4.90 Å². The second-order valence-corrected chi connectivity index (χ2v) is 7.84.